The van der Waals surface area contributed by atoms with E-state index in [1.54, 1.807) is 0 Å². The summed E-state index contributed by atoms with van der Waals surface area (Å²) in [6.45, 7) is 2.22. The quantitative estimate of drug-likeness (QED) is 0.0639. The van der Waals surface area contributed by atoms with Crippen molar-refractivity contribution in [3.63, 3.8) is 0 Å². The zero-order valence-electron chi connectivity index (χ0n) is 20.2. The number of nitrogens with two attached hydrogens (primary N) is 4. The van der Waals surface area contributed by atoms with Gasteiger partial charge in [-0.25, -0.2) is 4.79 Å². The summed E-state index contributed by atoms with van der Waals surface area (Å²) >= 11 is 0. The molecular formula is C21H40N8O6. The van der Waals surface area contributed by atoms with Gasteiger partial charge in [-0.2, -0.15) is 0 Å². The average molecular weight is 501 g/mol. The lowest BCUT2D eigenvalue weighted by atomic mass is 10.1. The van der Waals surface area contributed by atoms with E-state index in [9.17, 15) is 29.4 Å². The van der Waals surface area contributed by atoms with Gasteiger partial charge in [0.25, 0.3) is 0 Å². The van der Waals surface area contributed by atoms with Crippen LogP contribution in [0.25, 0.3) is 0 Å². The number of carboxylic acid groups (broad SMARTS) is 1. The minimum absolute atomic E-state index is 0.0961. The molecule has 200 valence electrons. The van der Waals surface area contributed by atoms with E-state index in [0.717, 1.165) is 6.42 Å². The lowest BCUT2D eigenvalue weighted by Crippen LogP contribution is -2.57. The van der Waals surface area contributed by atoms with Gasteiger partial charge in [-0.05, 0) is 52.0 Å². The van der Waals surface area contributed by atoms with Gasteiger partial charge in [-0.1, -0.05) is 6.42 Å². The topological polar surface area (TPSA) is 252 Å². The number of guanidine groups is 1. The molecule has 5 atom stereocenters. The van der Waals surface area contributed by atoms with Crippen molar-refractivity contribution in [3.05, 3.63) is 0 Å². The van der Waals surface area contributed by atoms with Gasteiger partial charge in [-0.15, -0.1) is 0 Å². The first-order valence-electron chi connectivity index (χ1n) is 11.8. The fourth-order valence-electron chi connectivity index (χ4n) is 3.82. The molecule has 14 nitrogen and oxygen atoms in total. The minimum atomic E-state index is -1.51. The average Bonchev–Trinajstić information content (AvgIpc) is 3.28. The summed E-state index contributed by atoms with van der Waals surface area (Å²) in [4.78, 5) is 55.3. The number of rotatable bonds is 15. The van der Waals surface area contributed by atoms with Gasteiger partial charge in [-0.3, -0.25) is 19.4 Å². The van der Waals surface area contributed by atoms with E-state index in [0.29, 0.717) is 38.6 Å². The second-order valence-corrected chi connectivity index (χ2v) is 8.66. The van der Waals surface area contributed by atoms with Gasteiger partial charge in [0.1, 0.15) is 12.1 Å². The van der Waals surface area contributed by atoms with Crippen LogP contribution in [0.4, 0.5) is 0 Å². The Hall–Kier alpha value is -2.97. The van der Waals surface area contributed by atoms with Crippen LogP contribution in [-0.4, -0.2) is 94.7 Å². The predicted molar refractivity (Wildman–Crippen MR) is 129 cm³/mol. The number of nitrogens with zero attached hydrogens (tertiary/aromatic N) is 2. The summed E-state index contributed by atoms with van der Waals surface area (Å²) in [5.74, 6) is -3.16. The normalized spacial score (nSPS) is 18.7. The Morgan fingerprint density at radius 1 is 1.11 bits per heavy atom. The van der Waals surface area contributed by atoms with Crippen LogP contribution in [0.1, 0.15) is 51.9 Å². The van der Waals surface area contributed by atoms with E-state index in [2.05, 4.69) is 15.6 Å². The van der Waals surface area contributed by atoms with Crippen molar-refractivity contribution >= 4 is 29.7 Å². The Labute approximate surface area is 204 Å². The number of aliphatic hydroxyl groups is 1. The molecule has 1 aliphatic rings. The molecule has 14 heteroatoms. The maximum Gasteiger partial charge on any atom is 0.328 e. The number of aliphatic carboxylic acids is 1. The highest BCUT2D eigenvalue weighted by Crippen LogP contribution is 2.20. The molecule has 0 saturated carbocycles. The van der Waals surface area contributed by atoms with Gasteiger partial charge in [0.15, 0.2) is 12.0 Å². The van der Waals surface area contributed by atoms with E-state index >= 15 is 0 Å². The summed E-state index contributed by atoms with van der Waals surface area (Å²) in [5, 5.41) is 23.9. The van der Waals surface area contributed by atoms with E-state index < -0.39 is 54.0 Å². The number of unbranched alkanes of at least 4 members (excludes halogenated alkanes) is 1. The first kappa shape index (κ1) is 30.1. The number of carbonyl (C=O) groups excluding carboxylic acids is 3. The first-order valence-corrected chi connectivity index (χ1v) is 11.8. The highest BCUT2D eigenvalue weighted by atomic mass is 16.4. The molecule has 5 unspecified atom stereocenters. The Morgan fingerprint density at radius 2 is 1.80 bits per heavy atom. The fourth-order valence-corrected chi connectivity index (χ4v) is 3.82. The van der Waals surface area contributed by atoms with E-state index in [1.165, 1.54) is 11.8 Å². The predicted octanol–water partition coefficient (Wildman–Crippen LogP) is -3.08. The highest BCUT2D eigenvalue weighted by molar-refractivity contribution is 5.94. The first-order chi connectivity index (χ1) is 16.5. The molecule has 1 rings (SSSR count). The smallest absolute Gasteiger partial charge is 0.328 e. The maximum atomic E-state index is 13.4. The molecule has 0 aromatic carbocycles. The molecule has 0 radical (unpaired) electrons. The molecule has 12 N–H and O–H groups in total. The number of aliphatic imine (C=N–C) groups is 1. The van der Waals surface area contributed by atoms with Crippen LogP contribution in [-0.2, 0) is 19.2 Å². The standard InChI is InChI=1S/C21H40N8O6/c1-12(30)16(20(34)35)28-18(32)15-8-5-11-29(15)19(33)14(7-4-10-26-21(24)25)27-17(31)13(23)6-2-3-9-22/h12-16,30H,2-11,22-23H2,1H3,(H,27,31)(H,28,32)(H,34,35)(H4,24,25,26). The van der Waals surface area contributed by atoms with Crippen LogP contribution in [0.5, 0.6) is 0 Å². The number of carbonyl (C=O) groups is 4. The SMILES string of the molecule is CC(O)C(NC(=O)C1CCCN1C(=O)C(CCCN=C(N)N)NC(=O)C(N)CCCCN)C(=O)O. The Bertz CT molecular complexity index is 758. The molecule has 0 aromatic rings. The molecule has 1 aliphatic heterocycles. The summed E-state index contributed by atoms with van der Waals surface area (Å²) in [5.41, 5.74) is 22.1. The largest absolute Gasteiger partial charge is 0.480 e. The third-order valence-corrected chi connectivity index (χ3v) is 5.75. The second kappa shape index (κ2) is 15.1. The fraction of sp³-hybridized carbons (Fsp3) is 0.762. The Balaban J connectivity index is 2.95. The molecule has 35 heavy (non-hydrogen) atoms. The van der Waals surface area contributed by atoms with Crippen molar-refractivity contribution in [2.75, 3.05) is 19.6 Å². The molecule has 0 aliphatic carbocycles. The van der Waals surface area contributed by atoms with Crippen LogP contribution in [0.3, 0.4) is 0 Å². The lowest BCUT2D eigenvalue weighted by molar-refractivity contribution is -0.147. The molecule has 1 heterocycles. The summed E-state index contributed by atoms with van der Waals surface area (Å²) in [6.07, 6.45) is 1.87. The van der Waals surface area contributed by atoms with Crippen molar-refractivity contribution in [2.24, 2.45) is 27.9 Å². The highest BCUT2D eigenvalue weighted by Gasteiger charge is 2.39. The number of hydrogen-bond acceptors (Lipinski definition) is 8. The van der Waals surface area contributed by atoms with Gasteiger partial charge >= 0.3 is 5.97 Å². The number of amides is 3. The third-order valence-electron chi connectivity index (χ3n) is 5.75. The van der Waals surface area contributed by atoms with Crippen molar-refractivity contribution in [2.45, 2.75) is 82.1 Å². The third kappa shape index (κ3) is 10.0. The number of carboxylic acids is 1. The van der Waals surface area contributed by atoms with Crippen molar-refractivity contribution < 1.29 is 29.4 Å². The van der Waals surface area contributed by atoms with E-state index in [1.807, 2.05) is 0 Å². The van der Waals surface area contributed by atoms with Gasteiger partial charge in [0, 0.05) is 13.1 Å². The summed E-state index contributed by atoms with van der Waals surface area (Å²) in [6, 6.07) is -4.24. The zero-order chi connectivity index (χ0) is 26.5. The zero-order valence-corrected chi connectivity index (χ0v) is 20.2. The van der Waals surface area contributed by atoms with Gasteiger partial charge < -0.3 is 48.7 Å². The summed E-state index contributed by atoms with van der Waals surface area (Å²) < 4.78 is 0. The van der Waals surface area contributed by atoms with Gasteiger partial charge in [0.05, 0.1) is 12.1 Å². The lowest BCUT2D eigenvalue weighted by Gasteiger charge is -2.30. The summed E-state index contributed by atoms with van der Waals surface area (Å²) in [7, 11) is 0. The maximum absolute atomic E-state index is 13.4. The van der Waals surface area contributed by atoms with E-state index in [4.69, 9.17) is 22.9 Å². The Kier molecular flexibility index (Phi) is 13.0. The molecule has 1 fully saturated rings. The molecule has 0 bridgehead atoms. The number of likely N-dealkylation sites (tertiary alicyclic amines) is 1. The van der Waals surface area contributed by atoms with Crippen LogP contribution < -0.4 is 33.6 Å². The van der Waals surface area contributed by atoms with Crippen LogP contribution in [0.15, 0.2) is 4.99 Å². The molecule has 0 aromatic heterocycles. The second-order valence-electron chi connectivity index (χ2n) is 8.66. The monoisotopic (exact) mass is 500 g/mol. The minimum Gasteiger partial charge on any atom is -0.480 e. The molecule has 3 amide bonds. The number of aliphatic hydroxyl groups excluding tert-OH is 1. The molecule has 0 spiro atoms. The van der Waals surface area contributed by atoms with Crippen LogP contribution >= 0.6 is 0 Å². The van der Waals surface area contributed by atoms with E-state index in [-0.39, 0.29) is 25.5 Å². The van der Waals surface area contributed by atoms with Gasteiger partial charge in [0.2, 0.25) is 17.7 Å². The van der Waals surface area contributed by atoms with Crippen molar-refractivity contribution in [1.29, 1.82) is 0 Å². The van der Waals surface area contributed by atoms with Crippen LogP contribution in [0, 0.1) is 0 Å². The molecular weight excluding hydrogens is 460 g/mol. The Morgan fingerprint density at radius 3 is 2.37 bits per heavy atom. The molecule has 1 saturated heterocycles. The van der Waals surface area contributed by atoms with Crippen molar-refractivity contribution in [3.8, 4) is 0 Å². The van der Waals surface area contributed by atoms with Crippen LogP contribution in [0.2, 0.25) is 0 Å². The number of nitrogens with one attached hydrogen (secondary N) is 2. The number of hydrogen-bond donors (Lipinski definition) is 8. The van der Waals surface area contributed by atoms with Crippen molar-refractivity contribution in [1.82, 2.24) is 15.5 Å².